The molecule has 0 radical (unpaired) electrons. The summed E-state index contributed by atoms with van der Waals surface area (Å²) in [7, 11) is 0. The average molecular weight is 605 g/mol. The standard InChI is InChI=1S/C31H34F2N8O3/c1-19-17-40(18-24(35)29(19)44-10-2-8-34)27-5-9-36-16-26(27)38-30-37-15-21-3-4-25(39-41(21)30)28-22(32)13-20(14-23(28)33)31(42)6-11-43-12-7-31/h3-5,9,13-16,19,24,29,42H,2,6-7,10-12,17-18,35H2,1H3,(H,37,38)/t19-,24+,29-/m0/s1. The van der Waals surface area contributed by atoms with Crippen molar-refractivity contribution in [1.29, 1.82) is 5.26 Å². The number of nitrogens with one attached hydrogen (secondary N) is 1. The Morgan fingerprint density at radius 3 is 2.68 bits per heavy atom. The van der Waals surface area contributed by atoms with E-state index in [2.05, 4.69) is 38.3 Å². The molecule has 0 aliphatic carbocycles. The molecule has 11 nitrogen and oxygen atoms in total. The van der Waals surface area contributed by atoms with Crippen LogP contribution in [0.25, 0.3) is 16.8 Å². The van der Waals surface area contributed by atoms with E-state index < -0.39 is 17.2 Å². The van der Waals surface area contributed by atoms with Crippen LogP contribution in [-0.4, -0.2) is 69.7 Å². The molecule has 3 atom stereocenters. The molecular weight excluding hydrogens is 570 g/mol. The summed E-state index contributed by atoms with van der Waals surface area (Å²) in [6.07, 6.45) is 5.64. The second kappa shape index (κ2) is 12.4. The number of imidazole rings is 1. The molecule has 6 rings (SSSR count). The topological polar surface area (TPSA) is 147 Å². The molecule has 4 aromatic rings. The molecule has 4 N–H and O–H groups in total. The number of ether oxygens (including phenoxy) is 2. The molecule has 2 fully saturated rings. The predicted molar refractivity (Wildman–Crippen MR) is 159 cm³/mol. The third kappa shape index (κ3) is 5.81. The number of rotatable bonds is 8. The fraction of sp³-hybridized carbons (Fsp3) is 0.419. The summed E-state index contributed by atoms with van der Waals surface area (Å²) in [6.45, 7) is 4.25. The first-order chi connectivity index (χ1) is 21.3. The van der Waals surface area contributed by atoms with Crippen LogP contribution in [0, 0.1) is 28.9 Å². The number of fused-ring (bicyclic) bond motifs is 1. The summed E-state index contributed by atoms with van der Waals surface area (Å²) < 4.78 is 43.5. The quantitative estimate of drug-likeness (QED) is 0.253. The van der Waals surface area contributed by atoms with Crippen LogP contribution in [0.15, 0.2) is 48.9 Å². The van der Waals surface area contributed by atoms with Crippen molar-refractivity contribution in [2.75, 3.05) is 43.1 Å². The van der Waals surface area contributed by atoms with Gasteiger partial charge in [-0.05, 0) is 35.9 Å². The van der Waals surface area contributed by atoms with Gasteiger partial charge in [0.15, 0.2) is 0 Å². The molecule has 230 valence electrons. The summed E-state index contributed by atoms with van der Waals surface area (Å²) in [5.41, 5.74) is 7.23. The third-order valence-electron chi connectivity index (χ3n) is 8.37. The van der Waals surface area contributed by atoms with Gasteiger partial charge in [0.25, 0.3) is 0 Å². The van der Waals surface area contributed by atoms with E-state index in [1.54, 1.807) is 24.7 Å². The summed E-state index contributed by atoms with van der Waals surface area (Å²) in [6, 6.07) is 9.27. The van der Waals surface area contributed by atoms with Crippen LogP contribution in [0.1, 0.15) is 31.7 Å². The van der Waals surface area contributed by atoms with E-state index in [-0.39, 0.29) is 47.7 Å². The van der Waals surface area contributed by atoms with E-state index in [0.717, 1.165) is 5.69 Å². The van der Waals surface area contributed by atoms with E-state index >= 15 is 8.78 Å². The Kier molecular flexibility index (Phi) is 8.42. The smallest absolute Gasteiger partial charge is 0.229 e. The maximum atomic E-state index is 15.4. The Morgan fingerprint density at radius 1 is 1.18 bits per heavy atom. The molecule has 2 aliphatic rings. The highest BCUT2D eigenvalue weighted by Gasteiger charge is 2.35. The van der Waals surface area contributed by atoms with Gasteiger partial charge in [0.1, 0.15) is 11.6 Å². The summed E-state index contributed by atoms with van der Waals surface area (Å²) in [4.78, 5) is 10.9. The molecule has 2 saturated heterocycles. The van der Waals surface area contributed by atoms with Gasteiger partial charge in [-0.15, -0.1) is 0 Å². The number of hydrogen-bond acceptors (Lipinski definition) is 10. The van der Waals surface area contributed by atoms with Gasteiger partial charge in [0.2, 0.25) is 5.95 Å². The molecule has 0 bridgehead atoms. The maximum absolute atomic E-state index is 15.4. The van der Waals surface area contributed by atoms with Crippen molar-refractivity contribution in [3.63, 3.8) is 0 Å². The van der Waals surface area contributed by atoms with Crippen LogP contribution in [-0.2, 0) is 15.1 Å². The van der Waals surface area contributed by atoms with Crippen LogP contribution in [0.2, 0.25) is 0 Å². The van der Waals surface area contributed by atoms with Crippen molar-refractivity contribution in [3.05, 3.63) is 66.1 Å². The Morgan fingerprint density at radius 2 is 1.95 bits per heavy atom. The fourth-order valence-corrected chi connectivity index (χ4v) is 6.10. The lowest BCUT2D eigenvalue weighted by Gasteiger charge is -2.42. The average Bonchev–Trinajstić information content (AvgIpc) is 3.40. The molecule has 2 aliphatic heterocycles. The van der Waals surface area contributed by atoms with E-state index in [4.69, 9.17) is 20.5 Å². The van der Waals surface area contributed by atoms with Crippen molar-refractivity contribution in [3.8, 4) is 17.3 Å². The Balaban J connectivity index is 1.27. The van der Waals surface area contributed by atoms with Crippen molar-refractivity contribution in [2.45, 2.75) is 43.9 Å². The highest BCUT2D eigenvalue weighted by molar-refractivity contribution is 5.74. The zero-order valence-corrected chi connectivity index (χ0v) is 24.3. The second-order valence-corrected chi connectivity index (χ2v) is 11.4. The number of aliphatic hydroxyl groups is 1. The van der Waals surface area contributed by atoms with E-state index in [9.17, 15) is 5.11 Å². The fourth-order valence-electron chi connectivity index (χ4n) is 6.10. The predicted octanol–water partition coefficient (Wildman–Crippen LogP) is 3.89. The Labute approximate surface area is 253 Å². The monoisotopic (exact) mass is 604 g/mol. The number of halogens is 2. The molecule has 1 aromatic carbocycles. The number of nitrogens with zero attached hydrogens (tertiary/aromatic N) is 6. The number of anilines is 3. The lowest BCUT2D eigenvalue weighted by Crippen LogP contribution is -2.56. The molecule has 0 spiro atoms. The van der Waals surface area contributed by atoms with E-state index in [1.807, 2.05) is 6.07 Å². The zero-order valence-electron chi connectivity index (χ0n) is 24.3. The van der Waals surface area contributed by atoms with Crippen LogP contribution in [0.5, 0.6) is 0 Å². The molecule has 44 heavy (non-hydrogen) atoms. The van der Waals surface area contributed by atoms with Gasteiger partial charge in [-0.1, -0.05) is 6.92 Å². The first-order valence-electron chi connectivity index (χ1n) is 14.6. The highest BCUT2D eigenvalue weighted by atomic mass is 19.1. The van der Waals surface area contributed by atoms with Crippen LogP contribution in [0.4, 0.5) is 26.1 Å². The second-order valence-electron chi connectivity index (χ2n) is 11.4. The molecular formula is C31H34F2N8O3. The van der Waals surface area contributed by atoms with Crippen LogP contribution < -0.4 is 16.0 Å². The number of benzene rings is 1. The number of nitriles is 1. The van der Waals surface area contributed by atoms with Gasteiger partial charge < -0.3 is 30.5 Å². The number of hydrogen-bond donors (Lipinski definition) is 3. The molecule has 0 unspecified atom stereocenters. The van der Waals surface area contributed by atoms with Crippen molar-refractivity contribution < 1.29 is 23.4 Å². The molecule has 5 heterocycles. The highest BCUT2D eigenvalue weighted by Crippen LogP contribution is 2.36. The Hall–Kier alpha value is -4.22. The Bertz CT molecular complexity index is 1650. The molecule has 0 amide bonds. The largest absolute Gasteiger partial charge is 0.385 e. The van der Waals surface area contributed by atoms with Crippen molar-refractivity contribution >= 4 is 22.8 Å². The molecule has 0 saturated carbocycles. The van der Waals surface area contributed by atoms with Crippen molar-refractivity contribution in [2.24, 2.45) is 11.7 Å². The van der Waals surface area contributed by atoms with Gasteiger partial charge in [-0.2, -0.15) is 14.9 Å². The summed E-state index contributed by atoms with van der Waals surface area (Å²) in [5.74, 6) is -1.20. The van der Waals surface area contributed by atoms with Gasteiger partial charge >= 0.3 is 0 Å². The number of aromatic nitrogens is 4. The SMILES string of the molecule is C[C@H]1CN(c2ccncc2Nc2ncc3ccc(-c4c(F)cc(C5(O)CCOCC5)cc4F)nn23)C[C@@H](N)[C@H]1OCCC#N. The zero-order chi connectivity index (χ0) is 30.8. The van der Waals surface area contributed by atoms with E-state index in [0.29, 0.717) is 56.5 Å². The van der Waals surface area contributed by atoms with Gasteiger partial charge in [-0.3, -0.25) is 4.98 Å². The summed E-state index contributed by atoms with van der Waals surface area (Å²) >= 11 is 0. The number of pyridine rings is 1. The first-order valence-corrected chi connectivity index (χ1v) is 14.6. The molecule has 13 heteroatoms. The van der Waals surface area contributed by atoms with Gasteiger partial charge in [-0.25, -0.2) is 13.8 Å². The number of nitrogens with two attached hydrogens (primary N) is 1. The maximum Gasteiger partial charge on any atom is 0.229 e. The lowest BCUT2D eigenvalue weighted by molar-refractivity contribution is -0.0682. The summed E-state index contributed by atoms with van der Waals surface area (Å²) in [5, 5.41) is 27.6. The van der Waals surface area contributed by atoms with E-state index in [1.165, 1.54) is 22.7 Å². The minimum absolute atomic E-state index is 0.0729. The van der Waals surface area contributed by atoms with Gasteiger partial charge in [0, 0.05) is 57.3 Å². The first kappa shape index (κ1) is 29.8. The minimum Gasteiger partial charge on any atom is -0.385 e. The number of piperidine rings is 1. The van der Waals surface area contributed by atoms with Crippen LogP contribution >= 0.6 is 0 Å². The minimum atomic E-state index is -1.35. The van der Waals surface area contributed by atoms with Crippen LogP contribution in [0.3, 0.4) is 0 Å². The van der Waals surface area contributed by atoms with Crippen molar-refractivity contribution in [1.82, 2.24) is 19.6 Å². The van der Waals surface area contributed by atoms with Gasteiger partial charge in [0.05, 0.1) is 71.3 Å². The lowest BCUT2D eigenvalue weighted by atomic mass is 9.85. The normalized spacial score (nSPS) is 21.7. The third-order valence-corrected chi connectivity index (χ3v) is 8.37. The molecule has 3 aromatic heterocycles.